The number of hydrogen-bond donors (Lipinski definition) is 1. The van der Waals surface area contributed by atoms with Gasteiger partial charge in [-0.05, 0) is 6.42 Å². The van der Waals surface area contributed by atoms with Crippen molar-refractivity contribution in [1.82, 2.24) is 19.6 Å². The van der Waals surface area contributed by atoms with Gasteiger partial charge in [0.05, 0.1) is 23.0 Å². The Labute approximate surface area is 105 Å². The molecule has 0 unspecified atom stereocenters. The highest BCUT2D eigenvalue weighted by Gasteiger charge is 2.12. The van der Waals surface area contributed by atoms with E-state index in [1.165, 1.54) is 0 Å². The molecule has 0 aliphatic rings. The Bertz CT molecular complexity index is 514. The number of aryl methyl sites for hydroxylation is 3. The first-order chi connectivity index (χ1) is 8.11. The fraction of sp³-hybridized carbons (Fsp3) is 0.455. The summed E-state index contributed by atoms with van der Waals surface area (Å²) >= 11 is 6.25. The molecule has 5 nitrogen and oxygen atoms in total. The molecule has 0 amide bonds. The lowest BCUT2D eigenvalue weighted by Crippen LogP contribution is -2.06. The average Bonchev–Trinajstić information content (AvgIpc) is 2.82. The normalized spacial score (nSPS) is 10.8. The van der Waals surface area contributed by atoms with Crippen molar-refractivity contribution in [2.45, 2.75) is 19.9 Å². The highest BCUT2D eigenvalue weighted by molar-refractivity contribution is 6.31. The molecule has 0 saturated heterocycles. The molecule has 0 bridgehead atoms. The molecule has 0 aliphatic heterocycles. The molecule has 2 aromatic heterocycles. The van der Waals surface area contributed by atoms with Crippen molar-refractivity contribution < 1.29 is 0 Å². The number of nitrogens with zero attached hydrogens (tertiary/aromatic N) is 4. The third kappa shape index (κ3) is 2.44. The van der Waals surface area contributed by atoms with E-state index in [0.29, 0.717) is 6.54 Å². The minimum Gasteiger partial charge on any atom is -0.363 e. The van der Waals surface area contributed by atoms with Crippen LogP contribution in [0.1, 0.15) is 18.3 Å². The zero-order valence-corrected chi connectivity index (χ0v) is 11.0. The fourth-order valence-electron chi connectivity index (χ4n) is 1.70. The molecule has 0 radical (unpaired) electrons. The van der Waals surface area contributed by atoms with Crippen LogP contribution in [0, 0.1) is 0 Å². The van der Waals surface area contributed by atoms with E-state index in [1.54, 1.807) is 4.68 Å². The number of halogens is 1. The maximum Gasteiger partial charge on any atom is 0.148 e. The maximum absolute atomic E-state index is 6.25. The molecule has 2 rings (SSSR count). The van der Waals surface area contributed by atoms with Crippen LogP contribution in [-0.2, 0) is 27.1 Å². The van der Waals surface area contributed by atoms with Crippen LogP contribution in [0.5, 0.6) is 0 Å². The van der Waals surface area contributed by atoms with Crippen molar-refractivity contribution in [3.63, 3.8) is 0 Å². The largest absolute Gasteiger partial charge is 0.363 e. The number of hydrogen-bond acceptors (Lipinski definition) is 3. The Kier molecular flexibility index (Phi) is 3.38. The van der Waals surface area contributed by atoms with Gasteiger partial charge in [0.2, 0.25) is 0 Å². The van der Waals surface area contributed by atoms with Crippen molar-refractivity contribution in [3.05, 3.63) is 28.7 Å². The summed E-state index contributed by atoms with van der Waals surface area (Å²) in [7, 11) is 3.79. The lowest BCUT2D eigenvalue weighted by Gasteiger charge is -2.04. The van der Waals surface area contributed by atoms with Crippen molar-refractivity contribution in [2.24, 2.45) is 14.1 Å². The van der Waals surface area contributed by atoms with Gasteiger partial charge in [-0.3, -0.25) is 9.36 Å². The third-order valence-electron chi connectivity index (χ3n) is 2.65. The summed E-state index contributed by atoms with van der Waals surface area (Å²) in [5, 5.41) is 12.6. The van der Waals surface area contributed by atoms with Crippen molar-refractivity contribution in [1.29, 1.82) is 0 Å². The first-order valence-corrected chi connectivity index (χ1v) is 5.93. The lowest BCUT2D eigenvalue weighted by molar-refractivity contribution is 0.704. The van der Waals surface area contributed by atoms with Gasteiger partial charge < -0.3 is 5.32 Å². The Hall–Kier alpha value is -1.49. The topological polar surface area (TPSA) is 47.7 Å². The van der Waals surface area contributed by atoms with E-state index in [1.807, 2.05) is 38.0 Å². The summed E-state index contributed by atoms with van der Waals surface area (Å²) in [5.41, 5.74) is 1.92. The quantitative estimate of drug-likeness (QED) is 0.907. The molecule has 0 fully saturated rings. The van der Waals surface area contributed by atoms with Crippen LogP contribution in [0.3, 0.4) is 0 Å². The first kappa shape index (κ1) is 12.0. The van der Waals surface area contributed by atoms with Gasteiger partial charge >= 0.3 is 0 Å². The van der Waals surface area contributed by atoms with Crippen LogP contribution in [0.2, 0.25) is 5.02 Å². The maximum atomic E-state index is 6.25. The van der Waals surface area contributed by atoms with Crippen LogP contribution in [-0.4, -0.2) is 19.6 Å². The van der Waals surface area contributed by atoms with E-state index >= 15 is 0 Å². The van der Waals surface area contributed by atoms with Crippen LogP contribution >= 0.6 is 11.6 Å². The van der Waals surface area contributed by atoms with Crippen LogP contribution in [0.25, 0.3) is 0 Å². The van der Waals surface area contributed by atoms with E-state index < -0.39 is 0 Å². The predicted octanol–water partition coefficient (Wildman–Crippen LogP) is 1.98. The van der Waals surface area contributed by atoms with E-state index in [4.69, 9.17) is 11.6 Å². The molecule has 17 heavy (non-hydrogen) atoms. The molecular weight excluding hydrogens is 238 g/mol. The zero-order valence-electron chi connectivity index (χ0n) is 10.2. The molecular formula is C11H16ClN5. The van der Waals surface area contributed by atoms with Crippen molar-refractivity contribution >= 4 is 17.4 Å². The summed E-state index contributed by atoms with van der Waals surface area (Å²) in [5.74, 6) is 0.836. The number of nitrogens with one attached hydrogen (secondary N) is 1. The van der Waals surface area contributed by atoms with Gasteiger partial charge in [0.15, 0.2) is 0 Å². The highest BCUT2D eigenvalue weighted by atomic mass is 35.5. The third-order valence-corrected chi connectivity index (χ3v) is 3.09. The number of aromatic nitrogens is 4. The van der Waals surface area contributed by atoms with Crippen LogP contribution in [0.4, 0.5) is 5.82 Å². The number of rotatable bonds is 4. The molecule has 0 aliphatic carbocycles. The Morgan fingerprint density at radius 2 is 2.12 bits per heavy atom. The molecule has 2 heterocycles. The lowest BCUT2D eigenvalue weighted by atomic mass is 10.3. The van der Waals surface area contributed by atoms with E-state index in [2.05, 4.69) is 15.5 Å². The molecule has 0 saturated carbocycles. The smallest absolute Gasteiger partial charge is 0.148 e. The summed E-state index contributed by atoms with van der Waals surface area (Å²) in [6, 6.07) is 1.92. The molecule has 92 valence electrons. The molecule has 1 N–H and O–H groups in total. The summed E-state index contributed by atoms with van der Waals surface area (Å²) in [6.45, 7) is 2.67. The number of anilines is 1. The second-order valence-electron chi connectivity index (χ2n) is 3.91. The molecule has 2 aromatic rings. The second-order valence-corrected chi connectivity index (χ2v) is 4.29. The molecule has 6 heteroatoms. The van der Waals surface area contributed by atoms with E-state index in [9.17, 15) is 0 Å². The van der Waals surface area contributed by atoms with Gasteiger partial charge in [-0.2, -0.15) is 10.2 Å². The molecule has 0 atom stereocenters. The first-order valence-electron chi connectivity index (χ1n) is 5.55. The zero-order chi connectivity index (χ0) is 12.4. The minimum atomic E-state index is 0.624. The van der Waals surface area contributed by atoms with Gasteiger partial charge in [0, 0.05) is 26.4 Å². The molecule has 0 spiro atoms. The van der Waals surface area contributed by atoms with Crippen molar-refractivity contribution in [2.75, 3.05) is 5.32 Å². The fourth-order valence-corrected chi connectivity index (χ4v) is 2.06. The van der Waals surface area contributed by atoms with Gasteiger partial charge in [0.25, 0.3) is 0 Å². The summed E-state index contributed by atoms with van der Waals surface area (Å²) in [4.78, 5) is 0. The predicted molar refractivity (Wildman–Crippen MR) is 68.1 cm³/mol. The van der Waals surface area contributed by atoms with Crippen molar-refractivity contribution in [3.8, 4) is 0 Å². The Morgan fingerprint density at radius 1 is 1.35 bits per heavy atom. The average molecular weight is 254 g/mol. The standard InChI is InChI=1S/C11H16ClN5/c1-4-8-11(12)9(17(3)14-8)7-13-10-5-6-16(2)15-10/h5-6H,4,7H2,1-3H3,(H,13,15). The SMILES string of the molecule is CCc1nn(C)c(CNc2ccn(C)n2)c1Cl. The van der Waals surface area contributed by atoms with E-state index in [0.717, 1.165) is 28.6 Å². The Morgan fingerprint density at radius 3 is 2.65 bits per heavy atom. The Balaban J connectivity index is 2.11. The van der Waals surface area contributed by atoms with Gasteiger partial charge in [-0.15, -0.1) is 0 Å². The highest BCUT2D eigenvalue weighted by Crippen LogP contribution is 2.21. The summed E-state index contributed by atoms with van der Waals surface area (Å²) < 4.78 is 3.57. The van der Waals surface area contributed by atoms with Crippen LogP contribution < -0.4 is 5.32 Å². The summed E-state index contributed by atoms with van der Waals surface area (Å²) in [6.07, 6.45) is 2.74. The van der Waals surface area contributed by atoms with Crippen LogP contribution in [0.15, 0.2) is 12.3 Å². The van der Waals surface area contributed by atoms with Gasteiger partial charge in [-0.25, -0.2) is 0 Å². The monoisotopic (exact) mass is 253 g/mol. The second kappa shape index (κ2) is 4.79. The van der Waals surface area contributed by atoms with Gasteiger partial charge in [-0.1, -0.05) is 18.5 Å². The van der Waals surface area contributed by atoms with E-state index in [-0.39, 0.29) is 0 Å². The van der Waals surface area contributed by atoms with Gasteiger partial charge in [0.1, 0.15) is 5.82 Å². The molecule has 0 aromatic carbocycles. The minimum absolute atomic E-state index is 0.624.